The van der Waals surface area contributed by atoms with Crippen molar-refractivity contribution in [3.63, 3.8) is 0 Å². The monoisotopic (exact) mass is 285 g/mol. The first-order chi connectivity index (χ1) is 10.3. The van der Waals surface area contributed by atoms with Gasteiger partial charge in [0.15, 0.2) is 0 Å². The third-order valence-corrected chi connectivity index (χ3v) is 4.71. The van der Waals surface area contributed by atoms with Gasteiger partial charge < -0.3 is 10.6 Å². The molecule has 0 spiro atoms. The summed E-state index contributed by atoms with van der Waals surface area (Å²) in [5.74, 6) is 0.787. The Balaban J connectivity index is 1.64. The second-order valence-corrected chi connectivity index (χ2v) is 6.07. The topological polar surface area (TPSA) is 69.2 Å². The van der Waals surface area contributed by atoms with Gasteiger partial charge in [-0.05, 0) is 18.9 Å². The maximum atomic E-state index is 9.25. The van der Waals surface area contributed by atoms with E-state index in [-0.39, 0.29) is 0 Å². The highest BCUT2D eigenvalue weighted by atomic mass is 15.3. The van der Waals surface area contributed by atoms with Crippen LogP contribution in [0, 0.1) is 11.3 Å². The van der Waals surface area contributed by atoms with E-state index < -0.39 is 0 Å². The zero-order valence-electron chi connectivity index (χ0n) is 12.5. The molecule has 1 aliphatic carbocycles. The molecule has 2 fully saturated rings. The molecule has 5 heteroatoms. The number of pyridine rings is 1. The first-order valence-electron chi connectivity index (χ1n) is 7.92. The van der Waals surface area contributed by atoms with Crippen molar-refractivity contribution >= 4 is 11.5 Å². The third-order valence-electron chi connectivity index (χ3n) is 4.71. The van der Waals surface area contributed by atoms with Crippen molar-refractivity contribution in [1.82, 2.24) is 9.88 Å². The summed E-state index contributed by atoms with van der Waals surface area (Å²) in [5.41, 5.74) is 6.85. The van der Waals surface area contributed by atoms with Crippen molar-refractivity contribution in [2.45, 2.75) is 38.1 Å². The van der Waals surface area contributed by atoms with Gasteiger partial charge in [-0.1, -0.05) is 19.3 Å². The Bertz CT molecular complexity index is 522. The molecule has 1 saturated heterocycles. The maximum absolute atomic E-state index is 9.25. The molecule has 0 aromatic carbocycles. The van der Waals surface area contributed by atoms with Crippen LogP contribution in [0.3, 0.4) is 0 Å². The van der Waals surface area contributed by atoms with E-state index in [1.165, 1.54) is 32.1 Å². The number of piperazine rings is 1. The van der Waals surface area contributed by atoms with Crippen molar-refractivity contribution in [2.75, 3.05) is 36.8 Å². The summed E-state index contributed by atoms with van der Waals surface area (Å²) < 4.78 is 0. The van der Waals surface area contributed by atoms with E-state index in [1.807, 2.05) is 0 Å². The van der Waals surface area contributed by atoms with Crippen molar-refractivity contribution in [3.8, 4) is 6.07 Å². The fourth-order valence-corrected chi connectivity index (χ4v) is 3.55. The smallest absolute Gasteiger partial charge is 0.146 e. The SMILES string of the molecule is N#Cc1cc(N)cnc1N1CCN(C2CCCCC2)CC1. The molecular weight excluding hydrogens is 262 g/mol. The normalized spacial score (nSPS) is 21.2. The Labute approximate surface area is 126 Å². The van der Waals surface area contributed by atoms with E-state index in [1.54, 1.807) is 12.3 Å². The maximum Gasteiger partial charge on any atom is 0.146 e. The highest BCUT2D eigenvalue weighted by Gasteiger charge is 2.26. The van der Waals surface area contributed by atoms with Gasteiger partial charge >= 0.3 is 0 Å². The van der Waals surface area contributed by atoms with Crippen LogP contribution in [0.15, 0.2) is 12.3 Å². The van der Waals surface area contributed by atoms with Gasteiger partial charge in [0.25, 0.3) is 0 Å². The van der Waals surface area contributed by atoms with Gasteiger partial charge in [-0.3, -0.25) is 4.90 Å². The number of nitrogen functional groups attached to an aromatic ring is 1. The molecule has 1 aromatic heterocycles. The average molecular weight is 285 g/mol. The highest BCUT2D eigenvalue weighted by Crippen LogP contribution is 2.25. The number of hydrogen-bond donors (Lipinski definition) is 1. The summed E-state index contributed by atoms with van der Waals surface area (Å²) in [5, 5.41) is 9.25. The number of hydrogen-bond acceptors (Lipinski definition) is 5. The summed E-state index contributed by atoms with van der Waals surface area (Å²) >= 11 is 0. The molecule has 0 unspecified atom stereocenters. The minimum Gasteiger partial charge on any atom is -0.397 e. The predicted molar refractivity (Wildman–Crippen MR) is 84.0 cm³/mol. The van der Waals surface area contributed by atoms with Gasteiger partial charge in [0, 0.05) is 32.2 Å². The fraction of sp³-hybridized carbons (Fsp3) is 0.625. The highest BCUT2D eigenvalue weighted by molar-refractivity contribution is 5.59. The lowest BCUT2D eigenvalue weighted by atomic mass is 9.94. The lowest BCUT2D eigenvalue weighted by molar-refractivity contribution is 0.147. The van der Waals surface area contributed by atoms with E-state index in [9.17, 15) is 5.26 Å². The zero-order valence-corrected chi connectivity index (χ0v) is 12.5. The molecule has 1 saturated carbocycles. The molecule has 2 aliphatic rings. The molecular formula is C16H23N5. The van der Waals surface area contributed by atoms with Crippen molar-refractivity contribution < 1.29 is 0 Å². The Morgan fingerprint density at radius 3 is 2.52 bits per heavy atom. The van der Waals surface area contributed by atoms with E-state index in [0.29, 0.717) is 11.3 Å². The summed E-state index contributed by atoms with van der Waals surface area (Å²) in [4.78, 5) is 9.21. The molecule has 0 radical (unpaired) electrons. The summed E-state index contributed by atoms with van der Waals surface area (Å²) in [6, 6.07) is 4.70. The van der Waals surface area contributed by atoms with Crippen LogP contribution in [-0.2, 0) is 0 Å². The first-order valence-corrected chi connectivity index (χ1v) is 7.92. The van der Waals surface area contributed by atoms with Crippen LogP contribution in [0.4, 0.5) is 11.5 Å². The van der Waals surface area contributed by atoms with Crippen LogP contribution < -0.4 is 10.6 Å². The Morgan fingerprint density at radius 1 is 1.14 bits per heavy atom. The molecule has 1 aromatic rings. The number of aromatic nitrogens is 1. The molecule has 2 heterocycles. The van der Waals surface area contributed by atoms with Gasteiger partial charge in [-0.25, -0.2) is 4.98 Å². The summed E-state index contributed by atoms with van der Waals surface area (Å²) in [6.45, 7) is 4.04. The van der Waals surface area contributed by atoms with Gasteiger partial charge in [0.05, 0.1) is 17.4 Å². The Kier molecular flexibility index (Phi) is 4.26. The number of anilines is 2. The molecule has 0 bridgehead atoms. The largest absolute Gasteiger partial charge is 0.397 e. The zero-order chi connectivity index (χ0) is 14.7. The minimum absolute atomic E-state index is 0.552. The van der Waals surface area contributed by atoms with Gasteiger partial charge in [0.2, 0.25) is 0 Å². The molecule has 112 valence electrons. The van der Waals surface area contributed by atoms with Crippen LogP contribution in [-0.4, -0.2) is 42.1 Å². The van der Waals surface area contributed by atoms with Gasteiger partial charge in [-0.2, -0.15) is 5.26 Å². The molecule has 21 heavy (non-hydrogen) atoms. The first kappa shape index (κ1) is 14.2. The van der Waals surface area contributed by atoms with Crippen LogP contribution in [0.5, 0.6) is 0 Å². The molecule has 0 atom stereocenters. The van der Waals surface area contributed by atoms with E-state index in [2.05, 4.69) is 20.9 Å². The molecule has 0 amide bonds. The Hall–Kier alpha value is -1.80. The summed E-state index contributed by atoms with van der Waals surface area (Å²) in [6.07, 6.45) is 8.50. The second kappa shape index (κ2) is 6.31. The quantitative estimate of drug-likeness (QED) is 0.900. The molecule has 1 aliphatic heterocycles. The third kappa shape index (κ3) is 3.11. The van der Waals surface area contributed by atoms with E-state index >= 15 is 0 Å². The second-order valence-electron chi connectivity index (χ2n) is 6.07. The van der Waals surface area contributed by atoms with Crippen molar-refractivity contribution in [1.29, 1.82) is 5.26 Å². The minimum atomic E-state index is 0.552. The molecule has 2 N–H and O–H groups in total. The predicted octanol–water partition coefficient (Wildman–Crippen LogP) is 1.99. The molecule has 5 nitrogen and oxygen atoms in total. The van der Waals surface area contributed by atoms with Gasteiger partial charge in [-0.15, -0.1) is 0 Å². The standard InChI is InChI=1S/C16H23N5/c17-11-13-10-14(18)12-19-16(13)21-8-6-20(7-9-21)15-4-2-1-3-5-15/h10,12,15H,1-9,18H2. The lowest BCUT2D eigenvalue weighted by Crippen LogP contribution is -2.51. The molecule has 3 rings (SSSR count). The van der Waals surface area contributed by atoms with E-state index in [0.717, 1.165) is 38.0 Å². The van der Waals surface area contributed by atoms with Crippen molar-refractivity contribution in [2.24, 2.45) is 0 Å². The number of rotatable bonds is 2. The average Bonchev–Trinajstić information content (AvgIpc) is 2.56. The van der Waals surface area contributed by atoms with Crippen LogP contribution in [0.1, 0.15) is 37.7 Å². The Morgan fingerprint density at radius 2 is 1.86 bits per heavy atom. The van der Waals surface area contributed by atoms with Crippen LogP contribution in [0.25, 0.3) is 0 Å². The number of nitrogens with two attached hydrogens (primary N) is 1. The van der Waals surface area contributed by atoms with Gasteiger partial charge in [0.1, 0.15) is 11.9 Å². The van der Waals surface area contributed by atoms with Crippen LogP contribution >= 0.6 is 0 Å². The van der Waals surface area contributed by atoms with Crippen molar-refractivity contribution in [3.05, 3.63) is 17.8 Å². The fourth-order valence-electron chi connectivity index (χ4n) is 3.55. The van der Waals surface area contributed by atoms with Crippen LogP contribution in [0.2, 0.25) is 0 Å². The summed E-state index contributed by atoms with van der Waals surface area (Å²) in [7, 11) is 0. The number of nitrogens with zero attached hydrogens (tertiary/aromatic N) is 4. The number of nitriles is 1. The van der Waals surface area contributed by atoms with E-state index in [4.69, 9.17) is 5.73 Å². The lowest BCUT2D eigenvalue weighted by Gasteiger charge is -2.41.